The fourth-order valence-corrected chi connectivity index (χ4v) is 0.402. The second kappa shape index (κ2) is 8.95. The molecule has 0 unspecified atom stereocenters. The maximum Gasteiger partial charge on any atom is 1.00 e. The molecular weight excluding hydrogens is 177 g/mol. The molecule has 0 radical (unpaired) electrons. The summed E-state index contributed by atoms with van der Waals surface area (Å²) in [5, 5.41) is 16.3. The Hall–Kier alpha value is -0.140. The van der Waals surface area contributed by atoms with Crippen LogP contribution in [0.15, 0.2) is 0 Å². The van der Waals surface area contributed by atoms with E-state index in [1.165, 1.54) is 0 Å². The first kappa shape index (κ1) is 17.8. The van der Waals surface area contributed by atoms with E-state index in [1.54, 1.807) is 0 Å². The first-order chi connectivity index (χ1) is 4.54. The van der Waals surface area contributed by atoms with E-state index < -0.39 is 18.0 Å². The summed E-state index contributed by atoms with van der Waals surface area (Å²) in [7, 11) is 0. The molecule has 0 rings (SSSR count). The zero-order valence-electron chi connectivity index (χ0n) is 7.78. The molecule has 6 nitrogen and oxygen atoms in total. The van der Waals surface area contributed by atoms with Gasteiger partial charge in [0.2, 0.25) is 0 Å². The molecule has 68 valence electrons. The van der Waals surface area contributed by atoms with Gasteiger partial charge in [-0.15, -0.1) is 0 Å². The molecule has 0 fully saturated rings. The van der Waals surface area contributed by atoms with Gasteiger partial charge >= 0.3 is 41.5 Å². The van der Waals surface area contributed by atoms with Gasteiger partial charge in [0.15, 0.2) is 0 Å². The molecule has 0 aromatic rings. The van der Waals surface area contributed by atoms with Gasteiger partial charge in [0.1, 0.15) is 6.04 Å². The van der Waals surface area contributed by atoms with Gasteiger partial charge in [-0.2, -0.15) is 0 Å². The van der Waals surface area contributed by atoms with Crippen LogP contribution in [0.4, 0.5) is 0 Å². The predicted molar refractivity (Wildman–Crippen MR) is 37.2 cm³/mol. The fourth-order valence-electron chi connectivity index (χ4n) is 0.402. The Morgan fingerprint density at radius 3 is 2.08 bits per heavy atom. The summed E-state index contributed by atoms with van der Waals surface area (Å²) in [4.78, 5) is 19.9. The molecule has 6 N–H and O–H groups in total. The Bertz CT molecular complexity index is 156. The Kier molecular flexibility index (Phi) is 13.3. The van der Waals surface area contributed by atoms with Crippen LogP contribution in [0.2, 0.25) is 0 Å². The van der Waals surface area contributed by atoms with Gasteiger partial charge in [0, 0.05) is 6.42 Å². The van der Waals surface area contributed by atoms with Crippen molar-refractivity contribution in [1.29, 1.82) is 0 Å². The van der Waals surface area contributed by atoms with Crippen molar-refractivity contribution >= 4 is 11.9 Å². The summed E-state index contributed by atoms with van der Waals surface area (Å²) in [6.07, 6.45) is -0.224. The second-order valence-electron chi connectivity index (χ2n) is 1.88. The summed E-state index contributed by atoms with van der Waals surface area (Å²) >= 11 is 0. The number of hydrogen-bond donors (Lipinski definition) is 3. The van der Waals surface area contributed by atoms with Gasteiger partial charge in [-0.05, 0) is 6.42 Å². The Labute approximate surface area is 92.8 Å². The van der Waals surface area contributed by atoms with Crippen LogP contribution < -0.4 is 35.3 Å². The summed E-state index contributed by atoms with van der Waals surface area (Å²) in [5.41, 5.74) is 5.00. The minimum Gasteiger partial charge on any atom is -1.00 e. The number of nitrogens with two attached hydrogens (primary N) is 1. The average molecular weight is 189 g/mol. The standard InChI is InChI=1S/C5H9NO4.Na.H2O.H/c6-3(5(9)10)1-2-4(7)8;;;/h3H,1-2,6H2,(H,7,8)(H,9,10);;1H2;/q;+1;;-1/t3-;;;/m0.../s1. The topological polar surface area (TPSA) is 132 Å². The third kappa shape index (κ3) is 9.86. The van der Waals surface area contributed by atoms with Crippen LogP contribution >= 0.6 is 0 Å². The van der Waals surface area contributed by atoms with Crippen molar-refractivity contribution in [3.05, 3.63) is 0 Å². The Morgan fingerprint density at radius 1 is 1.42 bits per heavy atom. The van der Waals surface area contributed by atoms with E-state index in [2.05, 4.69) is 0 Å². The van der Waals surface area contributed by atoms with Gasteiger partial charge in [-0.1, -0.05) is 0 Å². The average Bonchev–Trinajstić information content (AvgIpc) is 1.82. The maximum absolute atomic E-state index is 9.99. The van der Waals surface area contributed by atoms with Gasteiger partial charge in [0.05, 0.1) is 0 Å². The van der Waals surface area contributed by atoms with Crippen molar-refractivity contribution in [1.82, 2.24) is 0 Å². The number of carbonyl (C=O) groups is 2. The van der Waals surface area contributed by atoms with Crippen molar-refractivity contribution < 1.29 is 56.3 Å². The minimum absolute atomic E-state index is 0. The van der Waals surface area contributed by atoms with Gasteiger partial charge < -0.3 is 22.8 Å². The fraction of sp³-hybridized carbons (Fsp3) is 0.600. The summed E-state index contributed by atoms with van der Waals surface area (Å²) < 4.78 is 0. The van der Waals surface area contributed by atoms with E-state index >= 15 is 0 Å². The first-order valence-electron chi connectivity index (χ1n) is 2.74. The normalized spacial score (nSPS) is 10.4. The zero-order valence-corrected chi connectivity index (χ0v) is 8.78. The summed E-state index contributed by atoms with van der Waals surface area (Å²) in [6, 6.07) is -1.06. The van der Waals surface area contributed by atoms with E-state index in [-0.39, 0.29) is 49.3 Å². The Balaban J connectivity index is -0.000000135. The molecule has 0 amide bonds. The molecular formula is C5H12NNaO5. The van der Waals surface area contributed by atoms with Crippen LogP contribution in [0.3, 0.4) is 0 Å². The van der Waals surface area contributed by atoms with Crippen LogP contribution in [-0.2, 0) is 9.59 Å². The van der Waals surface area contributed by atoms with E-state index in [9.17, 15) is 9.59 Å². The number of carboxylic acid groups (broad SMARTS) is 2. The van der Waals surface area contributed by atoms with Crippen LogP contribution in [0.25, 0.3) is 0 Å². The third-order valence-corrected chi connectivity index (χ3v) is 0.986. The summed E-state index contributed by atoms with van der Waals surface area (Å²) in [5.74, 6) is -2.20. The monoisotopic (exact) mass is 189 g/mol. The predicted octanol–water partition coefficient (Wildman–Crippen LogP) is -4.45. The summed E-state index contributed by atoms with van der Waals surface area (Å²) in [6.45, 7) is 0. The zero-order chi connectivity index (χ0) is 8.15. The molecule has 0 saturated heterocycles. The molecule has 0 aromatic carbocycles. The third-order valence-electron chi connectivity index (χ3n) is 0.986. The molecule has 0 bridgehead atoms. The van der Waals surface area contributed by atoms with Gasteiger partial charge in [-0.25, -0.2) is 0 Å². The Morgan fingerprint density at radius 2 is 1.83 bits per heavy atom. The van der Waals surface area contributed by atoms with Crippen molar-refractivity contribution in [2.45, 2.75) is 18.9 Å². The van der Waals surface area contributed by atoms with Crippen LogP contribution in [-0.4, -0.2) is 33.7 Å². The molecule has 12 heavy (non-hydrogen) atoms. The number of hydrogen-bond acceptors (Lipinski definition) is 3. The van der Waals surface area contributed by atoms with E-state index in [1.807, 2.05) is 0 Å². The molecule has 1 atom stereocenters. The molecule has 0 saturated carbocycles. The van der Waals surface area contributed by atoms with E-state index in [0.29, 0.717) is 0 Å². The minimum atomic E-state index is -1.17. The SMILES string of the molecule is N[C@@H](CCC(=O)O)C(=O)O.O.[H-].[Na+]. The van der Waals surface area contributed by atoms with Crippen molar-refractivity contribution in [3.8, 4) is 0 Å². The van der Waals surface area contributed by atoms with Gasteiger partial charge in [0.25, 0.3) is 0 Å². The first-order valence-corrected chi connectivity index (χ1v) is 2.74. The van der Waals surface area contributed by atoms with E-state index in [0.717, 1.165) is 0 Å². The number of rotatable bonds is 4. The van der Waals surface area contributed by atoms with Crippen LogP contribution in [0, 0.1) is 0 Å². The number of carboxylic acids is 2. The molecule has 0 spiro atoms. The van der Waals surface area contributed by atoms with Crippen LogP contribution in [0.5, 0.6) is 0 Å². The second-order valence-corrected chi connectivity index (χ2v) is 1.88. The molecule has 7 heteroatoms. The quantitative estimate of drug-likeness (QED) is 0.384. The van der Waals surface area contributed by atoms with Crippen molar-refractivity contribution in [2.24, 2.45) is 5.73 Å². The van der Waals surface area contributed by atoms with Crippen LogP contribution in [0.1, 0.15) is 14.3 Å². The molecule has 0 aromatic heterocycles. The molecule has 0 aliphatic rings. The van der Waals surface area contributed by atoms with Crippen molar-refractivity contribution in [2.75, 3.05) is 0 Å². The number of aliphatic carboxylic acids is 2. The molecule has 0 aliphatic carbocycles. The molecule has 0 aliphatic heterocycles. The van der Waals surface area contributed by atoms with E-state index in [4.69, 9.17) is 15.9 Å². The van der Waals surface area contributed by atoms with Gasteiger partial charge in [-0.3, -0.25) is 9.59 Å². The molecule has 0 heterocycles. The largest absolute Gasteiger partial charge is 1.00 e. The maximum atomic E-state index is 9.99. The van der Waals surface area contributed by atoms with Crippen molar-refractivity contribution in [3.63, 3.8) is 0 Å². The smallest absolute Gasteiger partial charge is 1.00 e.